The average Bonchev–Trinajstić information content (AvgIpc) is 3.06. The Morgan fingerprint density at radius 3 is 2.68 bits per heavy atom. The fraction of sp³-hybridized carbons (Fsp3) is 0.286. The molecule has 0 saturated carbocycles. The van der Waals surface area contributed by atoms with E-state index in [1.165, 1.54) is 29.3 Å². The van der Waals surface area contributed by atoms with Crippen molar-refractivity contribution in [3.05, 3.63) is 60.2 Å². The van der Waals surface area contributed by atoms with Gasteiger partial charge in [0, 0.05) is 5.39 Å². The molecule has 0 bridgehead atoms. The van der Waals surface area contributed by atoms with Gasteiger partial charge in [0.2, 0.25) is 0 Å². The zero-order chi connectivity index (χ0) is 17.1. The van der Waals surface area contributed by atoms with E-state index < -0.39 is 0 Å². The van der Waals surface area contributed by atoms with Crippen molar-refractivity contribution in [1.29, 1.82) is 0 Å². The maximum atomic E-state index is 4.82. The second-order valence-electron chi connectivity index (χ2n) is 6.48. The summed E-state index contributed by atoms with van der Waals surface area (Å²) in [5.41, 5.74) is 3.52. The second-order valence-corrected chi connectivity index (χ2v) is 7.27. The van der Waals surface area contributed by atoms with Gasteiger partial charge >= 0.3 is 0 Å². The van der Waals surface area contributed by atoms with Crippen molar-refractivity contribution in [2.45, 2.75) is 17.9 Å². The van der Waals surface area contributed by atoms with Crippen LogP contribution < -0.4 is 5.32 Å². The molecule has 1 aromatic heterocycles. The van der Waals surface area contributed by atoms with Crippen LogP contribution in [0.15, 0.2) is 59.6 Å². The minimum absolute atomic E-state index is 0.692. The lowest BCUT2D eigenvalue weighted by atomic mass is 9.97. The molecular formula is C21H23N3S. The van der Waals surface area contributed by atoms with Crippen LogP contribution >= 0.6 is 11.8 Å². The van der Waals surface area contributed by atoms with Crippen molar-refractivity contribution >= 4 is 28.7 Å². The van der Waals surface area contributed by atoms with Crippen LogP contribution in [0.2, 0.25) is 0 Å². The first-order valence-electron chi connectivity index (χ1n) is 8.86. The number of hydrogen-bond acceptors (Lipinski definition) is 3. The number of piperidine rings is 1. The quantitative estimate of drug-likeness (QED) is 0.689. The molecule has 1 aliphatic rings. The van der Waals surface area contributed by atoms with Crippen molar-refractivity contribution in [1.82, 2.24) is 15.1 Å². The summed E-state index contributed by atoms with van der Waals surface area (Å²) in [7, 11) is 0. The van der Waals surface area contributed by atoms with Gasteiger partial charge < -0.3 is 5.32 Å². The van der Waals surface area contributed by atoms with E-state index >= 15 is 0 Å². The molecule has 1 aliphatic heterocycles. The maximum absolute atomic E-state index is 4.82. The Labute approximate surface area is 153 Å². The molecule has 0 radical (unpaired) electrons. The molecule has 128 valence electrons. The Hall–Kier alpha value is -2.04. The third kappa shape index (κ3) is 3.51. The van der Waals surface area contributed by atoms with E-state index in [0.717, 1.165) is 23.8 Å². The summed E-state index contributed by atoms with van der Waals surface area (Å²) in [6.07, 6.45) is 9.20. The standard InChI is InChI=1S/C21H23N3S/c1-25-21-19-10-9-17(8-7-16-11-13-22-14-12-16)15-20(19)24(23-21)18-5-3-2-4-6-18/h2-10,15-16,22H,11-14H2,1H3/b8-7+. The number of para-hydroxylation sites is 1. The molecule has 0 atom stereocenters. The Morgan fingerprint density at radius 2 is 1.92 bits per heavy atom. The van der Waals surface area contributed by atoms with Gasteiger partial charge in [-0.3, -0.25) is 0 Å². The summed E-state index contributed by atoms with van der Waals surface area (Å²) < 4.78 is 2.06. The highest BCUT2D eigenvalue weighted by Crippen LogP contribution is 2.29. The zero-order valence-electron chi connectivity index (χ0n) is 14.5. The average molecular weight is 350 g/mol. The summed E-state index contributed by atoms with van der Waals surface area (Å²) in [6, 6.07) is 17.0. The van der Waals surface area contributed by atoms with E-state index in [1.807, 2.05) is 6.07 Å². The molecular weight excluding hydrogens is 326 g/mol. The predicted molar refractivity (Wildman–Crippen MR) is 107 cm³/mol. The number of nitrogens with zero attached hydrogens (tertiary/aromatic N) is 2. The first-order valence-corrected chi connectivity index (χ1v) is 10.1. The van der Waals surface area contributed by atoms with E-state index in [1.54, 1.807) is 11.8 Å². The molecule has 3 nitrogen and oxygen atoms in total. The maximum Gasteiger partial charge on any atom is 0.126 e. The number of fused-ring (bicyclic) bond motifs is 1. The number of thioether (sulfide) groups is 1. The molecule has 0 amide bonds. The predicted octanol–water partition coefficient (Wildman–Crippen LogP) is 4.76. The van der Waals surface area contributed by atoms with E-state index in [4.69, 9.17) is 5.10 Å². The van der Waals surface area contributed by atoms with Crippen molar-refractivity contribution < 1.29 is 0 Å². The second kappa shape index (κ2) is 7.46. The Morgan fingerprint density at radius 1 is 1.12 bits per heavy atom. The summed E-state index contributed by atoms with van der Waals surface area (Å²) in [5.74, 6) is 0.692. The Balaban J connectivity index is 1.72. The third-order valence-electron chi connectivity index (χ3n) is 4.81. The lowest BCUT2D eigenvalue weighted by molar-refractivity contribution is 0.438. The van der Waals surface area contributed by atoms with Crippen molar-refractivity contribution in [2.75, 3.05) is 19.3 Å². The molecule has 0 unspecified atom stereocenters. The normalized spacial score (nSPS) is 16.0. The first-order chi connectivity index (χ1) is 12.3. The fourth-order valence-corrected chi connectivity index (χ4v) is 3.96. The largest absolute Gasteiger partial charge is 0.317 e. The van der Waals surface area contributed by atoms with Crippen molar-refractivity contribution in [3.8, 4) is 5.69 Å². The molecule has 0 aliphatic carbocycles. The fourth-order valence-electron chi connectivity index (χ4n) is 3.41. The summed E-state index contributed by atoms with van der Waals surface area (Å²) >= 11 is 1.70. The van der Waals surface area contributed by atoms with Crippen LogP contribution in [0.1, 0.15) is 18.4 Å². The van der Waals surface area contributed by atoms with Gasteiger partial charge in [-0.1, -0.05) is 36.4 Å². The van der Waals surface area contributed by atoms with Crippen molar-refractivity contribution in [3.63, 3.8) is 0 Å². The van der Waals surface area contributed by atoms with Gasteiger partial charge in [0.1, 0.15) is 5.03 Å². The topological polar surface area (TPSA) is 29.9 Å². The number of benzene rings is 2. The third-order valence-corrected chi connectivity index (χ3v) is 5.50. The van der Waals surface area contributed by atoms with Gasteiger partial charge in [-0.25, -0.2) is 4.68 Å². The van der Waals surface area contributed by atoms with E-state index in [9.17, 15) is 0 Å². The molecule has 1 fully saturated rings. The van der Waals surface area contributed by atoms with E-state index in [-0.39, 0.29) is 0 Å². The van der Waals surface area contributed by atoms with Gasteiger partial charge in [-0.2, -0.15) is 5.10 Å². The van der Waals surface area contributed by atoms with Crippen LogP contribution in [0, 0.1) is 5.92 Å². The zero-order valence-corrected chi connectivity index (χ0v) is 15.3. The monoisotopic (exact) mass is 349 g/mol. The van der Waals surface area contributed by atoms with Gasteiger partial charge in [0.05, 0.1) is 11.2 Å². The first kappa shape index (κ1) is 16.4. The minimum Gasteiger partial charge on any atom is -0.317 e. The highest BCUT2D eigenvalue weighted by atomic mass is 32.2. The number of hydrogen-bond donors (Lipinski definition) is 1. The van der Waals surface area contributed by atoms with Crippen LogP contribution in [0.25, 0.3) is 22.7 Å². The van der Waals surface area contributed by atoms with Gasteiger partial charge in [0.15, 0.2) is 0 Å². The summed E-state index contributed by atoms with van der Waals surface area (Å²) in [5, 5.41) is 10.5. The number of aromatic nitrogens is 2. The minimum atomic E-state index is 0.692. The number of rotatable bonds is 4. The lowest BCUT2D eigenvalue weighted by Gasteiger charge is -2.19. The molecule has 3 aromatic rings. The van der Waals surface area contributed by atoms with Gasteiger partial charge in [-0.05, 0) is 67.9 Å². The van der Waals surface area contributed by atoms with Crippen LogP contribution in [0.5, 0.6) is 0 Å². The van der Waals surface area contributed by atoms with Crippen LogP contribution in [0.3, 0.4) is 0 Å². The molecule has 2 aromatic carbocycles. The Kier molecular flexibility index (Phi) is 4.90. The molecule has 2 heterocycles. The summed E-state index contributed by atoms with van der Waals surface area (Å²) in [4.78, 5) is 0. The van der Waals surface area contributed by atoms with Crippen LogP contribution in [-0.4, -0.2) is 29.1 Å². The molecule has 1 saturated heterocycles. The molecule has 1 N–H and O–H groups in total. The van der Waals surface area contributed by atoms with Gasteiger partial charge in [0.25, 0.3) is 0 Å². The smallest absolute Gasteiger partial charge is 0.126 e. The Bertz CT molecular complexity index is 877. The van der Waals surface area contributed by atoms with Crippen LogP contribution in [-0.2, 0) is 0 Å². The molecule has 4 rings (SSSR count). The molecule has 25 heavy (non-hydrogen) atoms. The SMILES string of the molecule is CSc1nn(-c2ccccc2)c2cc(/C=C/C3CCNCC3)ccc12. The number of allylic oxidation sites excluding steroid dienone is 1. The van der Waals surface area contributed by atoms with Gasteiger partial charge in [-0.15, -0.1) is 11.8 Å². The number of nitrogens with one attached hydrogen (secondary N) is 1. The van der Waals surface area contributed by atoms with E-state index in [2.05, 4.69) is 70.9 Å². The molecule has 4 heteroatoms. The summed E-state index contributed by atoms with van der Waals surface area (Å²) in [6.45, 7) is 2.26. The highest BCUT2D eigenvalue weighted by Gasteiger charge is 2.12. The van der Waals surface area contributed by atoms with Crippen LogP contribution in [0.4, 0.5) is 0 Å². The van der Waals surface area contributed by atoms with E-state index in [0.29, 0.717) is 5.92 Å². The lowest BCUT2D eigenvalue weighted by Crippen LogP contribution is -2.26. The van der Waals surface area contributed by atoms with Crippen molar-refractivity contribution in [2.24, 2.45) is 5.92 Å². The highest BCUT2D eigenvalue weighted by molar-refractivity contribution is 7.98. The molecule has 0 spiro atoms.